The third kappa shape index (κ3) is 5.32. The number of aliphatic hydroxyl groups is 1. The van der Waals surface area contributed by atoms with Crippen molar-refractivity contribution in [2.75, 3.05) is 6.54 Å². The summed E-state index contributed by atoms with van der Waals surface area (Å²) < 4.78 is 1.83. The molecule has 0 saturated heterocycles. The second kappa shape index (κ2) is 8.93. The molecule has 2 N–H and O–H groups in total. The molecule has 1 amide bonds. The van der Waals surface area contributed by atoms with Crippen molar-refractivity contribution in [2.45, 2.75) is 39.7 Å². The Morgan fingerprint density at radius 1 is 1.23 bits per heavy atom. The van der Waals surface area contributed by atoms with Gasteiger partial charge in [-0.1, -0.05) is 23.7 Å². The number of carbonyl (C=O) groups is 1. The van der Waals surface area contributed by atoms with Crippen molar-refractivity contribution in [3.8, 4) is 11.8 Å². The summed E-state index contributed by atoms with van der Waals surface area (Å²) in [6.07, 6.45) is 0.674. The summed E-state index contributed by atoms with van der Waals surface area (Å²) >= 11 is 6.19. The quantitative estimate of drug-likeness (QED) is 0.608. The zero-order valence-corrected chi connectivity index (χ0v) is 18.8. The minimum atomic E-state index is -0.954. The van der Waals surface area contributed by atoms with Crippen molar-refractivity contribution in [1.29, 1.82) is 5.26 Å². The summed E-state index contributed by atoms with van der Waals surface area (Å²) in [4.78, 5) is 12.2. The van der Waals surface area contributed by atoms with Crippen LogP contribution in [-0.4, -0.2) is 32.9 Å². The average molecular weight is 437 g/mol. The van der Waals surface area contributed by atoms with Crippen molar-refractivity contribution in [2.24, 2.45) is 0 Å². The van der Waals surface area contributed by atoms with Crippen LogP contribution in [-0.2, 0) is 6.42 Å². The topological polar surface area (TPSA) is 90.9 Å². The van der Waals surface area contributed by atoms with E-state index < -0.39 is 5.60 Å². The number of nitrogens with zero attached hydrogens (tertiary/aromatic N) is 3. The summed E-state index contributed by atoms with van der Waals surface area (Å²) in [6.45, 7) is 7.44. The normalized spacial score (nSPS) is 11.3. The molecule has 2 aromatic carbocycles. The Bertz CT molecular complexity index is 1150. The molecule has 0 spiro atoms. The molecule has 0 aliphatic heterocycles. The predicted molar refractivity (Wildman–Crippen MR) is 121 cm³/mol. The number of aryl methyl sites for hydroxylation is 1. The number of halogens is 1. The first-order valence-electron chi connectivity index (χ1n) is 9.93. The van der Waals surface area contributed by atoms with Crippen molar-refractivity contribution in [1.82, 2.24) is 15.1 Å². The van der Waals surface area contributed by atoms with E-state index in [1.807, 2.05) is 36.7 Å². The zero-order chi connectivity index (χ0) is 22.8. The zero-order valence-electron chi connectivity index (χ0n) is 18.0. The lowest BCUT2D eigenvalue weighted by atomic mass is 10.0. The number of hydrogen-bond donors (Lipinski definition) is 2. The van der Waals surface area contributed by atoms with Crippen molar-refractivity contribution in [3.63, 3.8) is 0 Å². The van der Waals surface area contributed by atoms with Crippen LogP contribution >= 0.6 is 11.6 Å². The van der Waals surface area contributed by atoms with Crippen LogP contribution in [0.25, 0.3) is 5.69 Å². The van der Waals surface area contributed by atoms with Gasteiger partial charge in [-0.2, -0.15) is 10.4 Å². The molecule has 3 aromatic rings. The van der Waals surface area contributed by atoms with Gasteiger partial charge in [0.05, 0.1) is 27.6 Å². The largest absolute Gasteiger partial charge is 0.389 e. The highest BCUT2D eigenvalue weighted by molar-refractivity contribution is 6.31. The van der Waals surface area contributed by atoms with Gasteiger partial charge in [-0.05, 0) is 63.6 Å². The number of benzene rings is 2. The molecule has 0 radical (unpaired) electrons. The number of nitrogens with one attached hydrogen (secondary N) is 1. The molecule has 0 saturated carbocycles. The molecule has 31 heavy (non-hydrogen) atoms. The lowest BCUT2D eigenvalue weighted by Crippen LogP contribution is -2.38. The molecule has 1 heterocycles. The molecule has 3 rings (SSSR count). The fourth-order valence-corrected chi connectivity index (χ4v) is 3.50. The second-order valence-electron chi connectivity index (χ2n) is 8.21. The molecule has 160 valence electrons. The highest BCUT2D eigenvalue weighted by Gasteiger charge is 2.16. The van der Waals surface area contributed by atoms with E-state index in [0.717, 1.165) is 28.2 Å². The average Bonchev–Trinajstić information content (AvgIpc) is 3.00. The van der Waals surface area contributed by atoms with Gasteiger partial charge in [0.1, 0.15) is 6.07 Å². The lowest BCUT2D eigenvalue weighted by Gasteiger charge is -2.17. The molecular formula is C24H25ClN4O2. The minimum absolute atomic E-state index is 0.185. The van der Waals surface area contributed by atoms with Gasteiger partial charge in [-0.15, -0.1) is 0 Å². The number of hydrogen-bond acceptors (Lipinski definition) is 4. The summed E-state index contributed by atoms with van der Waals surface area (Å²) in [5.41, 5.74) is 4.87. The second-order valence-corrected chi connectivity index (χ2v) is 8.61. The number of carbonyl (C=O) groups excluding carboxylic acids is 1. The maximum Gasteiger partial charge on any atom is 0.251 e. The van der Waals surface area contributed by atoms with E-state index in [9.17, 15) is 9.90 Å². The van der Waals surface area contributed by atoms with E-state index in [4.69, 9.17) is 16.9 Å². The molecule has 0 aliphatic rings. The monoisotopic (exact) mass is 436 g/mol. The summed E-state index contributed by atoms with van der Waals surface area (Å²) in [7, 11) is 0. The van der Waals surface area contributed by atoms with E-state index in [0.29, 0.717) is 22.6 Å². The number of amides is 1. The molecule has 0 atom stereocenters. The molecule has 0 aliphatic carbocycles. The SMILES string of the molecule is Cc1nn(-c2ccc(C#N)c(Cl)c2)c(C)c1Cc1ccc(C(=O)NCC(C)(C)O)cc1. The molecule has 0 unspecified atom stereocenters. The Hall–Kier alpha value is -3.14. The Morgan fingerprint density at radius 2 is 1.90 bits per heavy atom. The first-order chi connectivity index (χ1) is 14.6. The standard InChI is InChI=1S/C24H25ClN4O2/c1-15-21(16(2)29(28-15)20-10-9-19(13-26)22(25)12-20)11-17-5-7-18(8-6-17)23(30)27-14-24(3,4)31/h5-10,12,31H,11,14H2,1-4H3,(H,27,30). The molecule has 1 aromatic heterocycles. The van der Waals surface area contributed by atoms with Gasteiger partial charge in [-0.25, -0.2) is 4.68 Å². The van der Waals surface area contributed by atoms with Gasteiger partial charge in [0.2, 0.25) is 0 Å². The van der Waals surface area contributed by atoms with E-state index in [2.05, 4.69) is 16.5 Å². The van der Waals surface area contributed by atoms with Gasteiger partial charge >= 0.3 is 0 Å². The lowest BCUT2D eigenvalue weighted by molar-refractivity contribution is 0.0694. The van der Waals surface area contributed by atoms with Crippen LogP contribution in [0.15, 0.2) is 42.5 Å². The highest BCUT2D eigenvalue weighted by atomic mass is 35.5. The van der Waals surface area contributed by atoms with Crippen LogP contribution in [0.1, 0.15) is 52.3 Å². The van der Waals surface area contributed by atoms with E-state index in [-0.39, 0.29) is 12.5 Å². The molecule has 7 heteroatoms. The van der Waals surface area contributed by atoms with Crippen LogP contribution in [0.4, 0.5) is 0 Å². The maximum absolute atomic E-state index is 12.2. The van der Waals surface area contributed by atoms with E-state index in [1.54, 1.807) is 38.1 Å². The third-order valence-corrected chi connectivity index (χ3v) is 5.35. The van der Waals surface area contributed by atoms with Crippen LogP contribution in [0.2, 0.25) is 5.02 Å². The van der Waals surface area contributed by atoms with E-state index >= 15 is 0 Å². The molecular weight excluding hydrogens is 412 g/mol. The van der Waals surface area contributed by atoms with Crippen LogP contribution in [0, 0.1) is 25.2 Å². The molecule has 6 nitrogen and oxygen atoms in total. The fraction of sp³-hybridized carbons (Fsp3) is 0.292. The van der Waals surface area contributed by atoms with Crippen molar-refractivity contribution in [3.05, 3.63) is 81.1 Å². The number of aromatic nitrogens is 2. The van der Waals surface area contributed by atoms with Gasteiger partial charge in [0, 0.05) is 29.8 Å². The fourth-order valence-electron chi connectivity index (χ4n) is 3.29. The van der Waals surface area contributed by atoms with Crippen LogP contribution in [0.5, 0.6) is 0 Å². The van der Waals surface area contributed by atoms with Gasteiger partial charge in [-0.3, -0.25) is 4.79 Å². The highest BCUT2D eigenvalue weighted by Crippen LogP contribution is 2.24. The molecule has 0 bridgehead atoms. The Kier molecular flexibility index (Phi) is 6.49. The van der Waals surface area contributed by atoms with Crippen molar-refractivity contribution >= 4 is 17.5 Å². The van der Waals surface area contributed by atoms with Crippen LogP contribution < -0.4 is 5.32 Å². The number of rotatable bonds is 6. The van der Waals surface area contributed by atoms with Gasteiger partial charge in [0.15, 0.2) is 0 Å². The molecule has 0 fully saturated rings. The summed E-state index contributed by atoms with van der Waals surface area (Å²) in [5, 5.41) is 26.6. The van der Waals surface area contributed by atoms with Crippen LogP contribution in [0.3, 0.4) is 0 Å². The first-order valence-corrected chi connectivity index (χ1v) is 10.3. The smallest absolute Gasteiger partial charge is 0.251 e. The predicted octanol–water partition coefficient (Wildman–Crippen LogP) is 4.11. The Labute approximate surface area is 187 Å². The Balaban J connectivity index is 1.79. The third-order valence-electron chi connectivity index (χ3n) is 5.04. The van der Waals surface area contributed by atoms with Gasteiger partial charge in [0.25, 0.3) is 5.91 Å². The van der Waals surface area contributed by atoms with E-state index in [1.165, 1.54) is 0 Å². The number of nitriles is 1. The van der Waals surface area contributed by atoms with Crippen molar-refractivity contribution < 1.29 is 9.90 Å². The maximum atomic E-state index is 12.2. The summed E-state index contributed by atoms with van der Waals surface area (Å²) in [5.74, 6) is -0.216. The minimum Gasteiger partial charge on any atom is -0.389 e. The first kappa shape index (κ1) is 22.5. The van der Waals surface area contributed by atoms with Gasteiger partial charge < -0.3 is 10.4 Å². The Morgan fingerprint density at radius 3 is 2.48 bits per heavy atom. The summed E-state index contributed by atoms with van der Waals surface area (Å²) in [6, 6.07) is 14.7.